The average molecular weight is 436 g/mol. The van der Waals surface area contributed by atoms with Gasteiger partial charge in [0.15, 0.2) is 0 Å². The molecule has 1 aliphatic heterocycles. The number of amides is 2. The first-order chi connectivity index (χ1) is 15.0. The van der Waals surface area contributed by atoms with Crippen LogP contribution in [0.5, 0.6) is 5.75 Å². The summed E-state index contributed by atoms with van der Waals surface area (Å²) in [6.07, 6.45) is -0.104. The van der Waals surface area contributed by atoms with E-state index in [2.05, 4.69) is 23.2 Å². The monoisotopic (exact) mass is 435 g/mol. The molecular formula is C24H25N3O3S. The number of anilines is 2. The minimum Gasteiger partial charge on any atom is -0.485 e. The molecule has 2 aromatic carbocycles. The molecule has 0 spiro atoms. The normalized spacial score (nSPS) is 15.0. The van der Waals surface area contributed by atoms with E-state index in [4.69, 9.17) is 4.74 Å². The topological polar surface area (TPSA) is 61.9 Å². The Balaban J connectivity index is 1.37. The maximum atomic E-state index is 12.9. The van der Waals surface area contributed by atoms with E-state index >= 15 is 0 Å². The Bertz CT molecular complexity index is 1050. The van der Waals surface area contributed by atoms with Gasteiger partial charge in [0, 0.05) is 24.8 Å². The van der Waals surface area contributed by atoms with Gasteiger partial charge in [-0.15, -0.1) is 11.3 Å². The molecule has 3 aromatic rings. The summed E-state index contributed by atoms with van der Waals surface area (Å²) >= 11 is 1.39. The fourth-order valence-electron chi connectivity index (χ4n) is 3.68. The van der Waals surface area contributed by atoms with Crippen LogP contribution in [0.15, 0.2) is 66.0 Å². The Morgan fingerprint density at radius 1 is 1.13 bits per heavy atom. The molecule has 1 unspecified atom stereocenters. The van der Waals surface area contributed by atoms with E-state index in [1.807, 2.05) is 29.6 Å². The molecule has 0 bridgehead atoms. The van der Waals surface area contributed by atoms with E-state index in [9.17, 15) is 9.59 Å². The van der Waals surface area contributed by atoms with Crippen molar-refractivity contribution < 1.29 is 14.3 Å². The number of carbonyl (C=O) groups is 2. The van der Waals surface area contributed by atoms with Crippen molar-refractivity contribution in [2.75, 3.05) is 36.9 Å². The van der Waals surface area contributed by atoms with E-state index in [0.29, 0.717) is 22.7 Å². The van der Waals surface area contributed by atoms with Crippen LogP contribution < -0.4 is 15.0 Å². The summed E-state index contributed by atoms with van der Waals surface area (Å²) in [4.78, 5) is 29.7. The number of fused-ring (bicyclic) bond motifs is 1. The fourth-order valence-corrected chi connectivity index (χ4v) is 4.30. The first-order valence-electron chi connectivity index (χ1n) is 10.3. The van der Waals surface area contributed by atoms with Crippen molar-refractivity contribution in [1.29, 1.82) is 0 Å². The van der Waals surface area contributed by atoms with Gasteiger partial charge in [-0.05, 0) is 54.8 Å². The summed E-state index contributed by atoms with van der Waals surface area (Å²) in [5.41, 5.74) is 2.32. The van der Waals surface area contributed by atoms with Crippen molar-refractivity contribution in [2.24, 2.45) is 0 Å². The largest absolute Gasteiger partial charge is 0.485 e. The third-order valence-electron chi connectivity index (χ3n) is 5.26. The number of hydrogen-bond acceptors (Lipinski definition) is 5. The zero-order valence-electron chi connectivity index (χ0n) is 17.6. The third-order valence-corrected chi connectivity index (χ3v) is 6.13. The Hall–Kier alpha value is -3.32. The number of likely N-dealkylation sites (N-methyl/N-ethyl adjacent to an activating group) is 2. The van der Waals surface area contributed by atoms with Gasteiger partial charge < -0.3 is 19.9 Å². The number of carbonyl (C=O) groups excluding carboxylic acids is 2. The molecule has 1 atom stereocenters. The van der Waals surface area contributed by atoms with Gasteiger partial charge in [0.05, 0.1) is 23.7 Å². The van der Waals surface area contributed by atoms with Crippen molar-refractivity contribution in [3.05, 3.63) is 76.5 Å². The first kappa shape index (κ1) is 20.9. The van der Waals surface area contributed by atoms with Gasteiger partial charge in [-0.25, -0.2) is 0 Å². The lowest BCUT2D eigenvalue weighted by molar-refractivity contribution is 0.0709. The van der Waals surface area contributed by atoms with Crippen LogP contribution in [-0.2, 0) is 0 Å². The van der Waals surface area contributed by atoms with Gasteiger partial charge in [-0.3, -0.25) is 9.59 Å². The molecule has 2 amide bonds. The zero-order chi connectivity index (χ0) is 21.8. The number of para-hydroxylation sites is 2. The van der Waals surface area contributed by atoms with Crippen molar-refractivity contribution in [3.8, 4) is 5.75 Å². The highest BCUT2D eigenvalue weighted by atomic mass is 32.1. The third kappa shape index (κ3) is 4.72. The number of rotatable bonds is 6. The molecule has 31 heavy (non-hydrogen) atoms. The van der Waals surface area contributed by atoms with E-state index in [1.165, 1.54) is 11.3 Å². The van der Waals surface area contributed by atoms with E-state index in [0.717, 1.165) is 24.5 Å². The highest BCUT2D eigenvalue weighted by molar-refractivity contribution is 7.12. The quantitative estimate of drug-likeness (QED) is 0.625. The summed E-state index contributed by atoms with van der Waals surface area (Å²) in [5, 5.41) is 4.71. The van der Waals surface area contributed by atoms with Gasteiger partial charge in [0.2, 0.25) is 0 Å². The summed E-state index contributed by atoms with van der Waals surface area (Å²) in [7, 11) is 1.79. The van der Waals surface area contributed by atoms with Crippen molar-refractivity contribution >= 4 is 34.5 Å². The summed E-state index contributed by atoms with van der Waals surface area (Å²) in [6, 6.07) is 18.6. The van der Waals surface area contributed by atoms with Gasteiger partial charge in [-0.1, -0.05) is 18.2 Å². The zero-order valence-corrected chi connectivity index (χ0v) is 18.4. The maximum absolute atomic E-state index is 12.9. The minimum atomic E-state index is -0.151. The van der Waals surface area contributed by atoms with Gasteiger partial charge in [-0.2, -0.15) is 0 Å². The number of nitrogens with zero attached hydrogens (tertiary/aromatic N) is 2. The van der Waals surface area contributed by atoms with Crippen LogP contribution in [-0.4, -0.2) is 49.5 Å². The molecule has 4 rings (SSSR count). The Labute approximate surface area is 186 Å². The molecule has 1 N–H and O–H groups in total. The van der Waals surface area contributed by atoms with E-state index in [-0.39, 0.29) is 17.9 Å². The molecule has 0 saturated carbocycles. The average Bonchev–Trinajstić information content (AvgIpc) is 3.34. The molecule has 6 nitrogen and oxygen atoms in total. The predicted octanol–water partition coefficient (Wildman–Crippen LogP) is 4.36. The Kier molecular flexibility index (Phi) is 6.23. The number of nitrogens with one attached hydrogen (secondary N) is 1. The lowest BCUT2D eigenvalue weighted by atomic mass is 10.1. The Morgan fingerprint density at radius 2 is 1.90 bits per heavy atom. The summed E-state index contributed by atoms with van der Waals surface area (Å²) in [6.45, 7) is 4.22. The Morgan fingerprint density at radius 3 is 2.61 bits per heavy atom. The molecule has 2 heterocycles. The molecule has 0 aliphatic carbocycles. The number of thiophene rings is 1. The smallest absolute Gasteiger partial charge is 0.265 e. The van der Waals surface area contributed by atoms with Crippen LogP contribution in [0.4, 0.5) is 11.4 Å². The molecule has 1 aromatic heterocycles. The van der Waals surface area contributed by atoms with Crippen LogP contribution in [0.2, 0.25) is 0 Å². The number of hydrogen-bond donors (Lipinski definition) is 1. The second-order valence-corrected chi connectivity index (χ2v) is 8.39. The molecule has 160 valence electrons. The SMILES string of the molecule is CCN1CC(CN(C)C(=O)c2ccc(NC(=O)c3cccs3)cc2)Oc2ccccc21. The van der Waals surface area contributed by atoms with Crippen molar-refractivity contribution in [1.82, 2.24) is 4.90 Å². The minimum absolute atomic E-state index is 0.0818. The lowest BCUT2D eigenvalue weighted by Crippen LogP contribution is -2.46. The fraction of sp³-hybridized carbons (Fsp3) is 0.250. The van der Waals surface area contributed by atoms with Crippen LogP contribution in [0.3, 0.4) is 0 Å². The van der Waals surface area contributed by atoms with Gasteiger partial charge in [0.1, 0.15) is 11.9 Å². The van der Waals surface area contributed by atoms with E-state index in [1.54, 1.807) is 42.3 Å². The molecule has 1 aliphatic rings. The van der Waals surface area contributed by atoms with Crippen LogP contribution >= 0.6 is 11.3 Å². The highest BCUT2D eigenvalue weighted by Gasteiger charge is 2.27. The molecule has 0 fully saturated rings. The first-order valence-corrected chi connectivity index (χ1v) is 11.1. The number of benzene rings is 2. The summed E-state index contributed by atoms with van der Waals surface area (Å²) in [5.74, 6) is 0.621. The standard InChI is InChI=1S/C24H25N3O3S/c1-3-27-16-19(30-21-8-5-4-7-20(21)27)15-26(2)24(29)17-10-12-18(13-11-17)25-23(28)22-9-6-14-31-22/h4-14,19H,3,15-16H2,1-2H3,(H,25,28). The van der Waals surface area contributed by atoms with Gasteiger partial charge in [0.25, 0.3) is 11.8 Å². The van der Waals surface area contributed by atoms with Crippen LogP contribution in [0.1, 0.15) is 27.0 Å². The molecule has 0 radical (unpaired) electrons. The predicted molar refractivity (Wildman–Crippen MR) is 124 cm³/mol. The number of ether oxygens (including phenoxy) is 1. The maximum Gasteiger partial charge on any atom is 0.265 e. The van der Waals surface area contributed by atoms with Crippen molar-refractivity contribution in [3.63, 3.8) is 0 Å². The lowest BCUT2D eigenvalue weighted by Gasteiger charge is -2.37. The van der Waals surface area contributed by atoms with E-state index < -0.39 is 0 Å². The molecular weight excluding hydrogens is 410 g/mol. The van der Waals surface area contributed by atoms with Crippen molar-refractivity contribution in [2.45, 2.75) is 13.0 Å². The second kappa shape index (κ2) is 9.22. The highest BCUT2D eigenvalue weighted by Crippen LogP contribution is 2.33. The summed E-state index contributed by atoms with van der Waals surface area (Å²) < 4.78 is 6.14. The second-order valence-electron chi connectivity index (χ2n) is 7.44. The molecule has 0 saturated heterocycles. The van der Waals surface area contributed by atoms with Crippen LogP contribution in [0, 0.1) is 0 Å². The van der Waals surface area contributed by atoms with Gasteiger partial charge >= 0.3 is 0 Å². The van der Waals surface area contributed by atoms with Crippen LogP contribution in [0.25, 0.3) is 0 Å². The molecule has 7 heteroatoms.